The third-order valence-electron chi connectivity index (χ3n) is 1.91. The van der Waals surface area contributed by atoms with E-state index in [0.29, 0.717) is 12.1 Å². The van der Waals surface area contributed by atoms with Crippen LogP contribution in [-0.4, -0.2) is 15.6 Å². The maximum atomic E-state index is 11.5. The minimum Gasteiger partial charge on any atom is -0.292 e. The number of carbonyl (C=O) groups is 1. The van der Waals surface area contributed by atoms with Gasteiger partial charge in [-0.15, -0.1) is 6.58 Å². The highest BCUT2D eigenvalue weighted by atomic mass is 16.1. The summed E-state index contributed by atoms with van der Waals surface area (Å²) in [5.74, 6) is 0.0738. The van der Waals surface area contributed by atoms with E-state index in [0.717, 1.165) is 12.1 Å². The van der Waals surface area contributed by atoms with Gasteiger partial charge in [0.25, 0.3) is 0 Å². The zero-order valence-corrected chi connectivity index (χ0v) is 8.08. The van der Waals surface area contributed by atoms with E-state index >= 15 is 0 Å². The summed E-state index contributed by atoms with van der Waals surface area (Å²) in [5.41, 5.74) is 1.62. The quantitative estimate of drug-likeness (QED) is 0.520. The number of aromatic nitrogens is 2. The fourth-order valence-electron chi connectivity index (χ4n) is 1.20. The predicted octanol–water partition coefficient (Wildman–Crippen LogP) is 1.74. The second-order valence-electron chi connectivity index (χ2n) is 2.91. The van der Waals surface area contributed by atoms with Crippen LogP contribution in [0.5, 0.6) is 0 Å². The average molecular weight is 178 g/mol. The van der Waals surface area contributed by atoms with E-state index < -0.39 is 0 Å². The van der Waals surface area contributed by atoms with E-state index in [1.165, 1.54) is 0 Å². The first-order chi connectivity index (χ1) is 6.19. The highest BCUT2D eigenvalue weighted by molar-refractivity contribution is 5.95. The van der Waals surface area contributed by atoms with Crippen molar-refractivity contribution in [2.75, 3.05) is 0 Å². The Morgan fingerprint density at radius 2 is 2.46 bits per heavy atom. The molecule has 0 saturated carbocycles. The van der Waals surface area contributed by atoms with Crippen LogP contribution in [0.3, 0.4) is 0 Å². The van der Waals surface area contributed by atoms with Crippen molar-refractivity contribution < 1.29 is 4.79 Å². The van der Waals surface area contributed by atoms with Crippen LogP contribution in [0.2, 0.25) is 0 Å². The number of carbonyl (C=O) groups excluding carboxylic acids is 1. The van der Waals surface area contributed by atoms with Gasteiger partial charge in [0, 0.05) is 13.5 Å². The highest BCUT2D eigenvalue weighted by Crippen LogP contribution is 2.06. The topological polar surface area (TPSA) is 34.9 Å². The summed E-state index contributed by atoms with van der Waals surface area (Å²) in [4.78, 5) is 11.5. The first-order valence-corrected chi connectivity index (χ1v) is 4.36. The number of aryl methyl sites for hydroxylation is 2. The van der Waals surface area contributed by atoms with Crippen molar-refractivity contribution in [3.8, 4) is 0 Å². The van der Waals surface area contributed by atoms with Crippen LogP contribution in [0.15, 0.2) is 18.7 Å². The van der Waals surface area contributed by atoms with Gasteiger partial charge >= 0.3 is 0 Å². The monoisotopic (exact) mass is 178 g/mol. The van der Waals surface area contributed by atoms with Gasteiger partial charge in [-0.05, 0) is 12.5 Å². The van der Waals surface area contributed by atoms with Gasteiger partial charge in [0.05, 0.1) is 5.69 Å². The van der Waals surface area contributed by atoms with E-state index in [4.69, 9.17) is 0 Å². The van der Waals surface area contributed by atoms with Gasteiger partial charge in [-0.25, -0.2) is 0 Å². The van der Waals surface area contributed by atoms with Crippen LogP contribution in [0.25, 0.3) is 0 Å². The molecular weight excluding hydrogens is 164 g/mol. The first-order valence-electron chi connectivity index (χ1n) is 4.36. The average Bonchev–Trinajstić information content (AvgIpc) is 2.47. The molecule has 0 aliphatic carbocycles. The third-order valence-corrected chi connectivity index (χ3v) is 1.91. The van der Waals surface area contributed by atoms with Crippen molar-refractivity contribution in [3.05, 3.63) is 30.1 Å². The Morgan fingerprint density at radius 1 is 1.77 bits per heavy atom. The van der Waals surface area contributed by atoms with Crippen molar-refractivity contribution in [1.29, 1.82) is 0 Å². The largest absolute Gasteiger partial charge is 0.292 e. The van der Waals surface area contributed by atoms with Crippen LogP contribution in [0.1, 0.15) is 29.5 Å². The number of rotatable bonds is 4. The Morgan fingerprint density at radius 3 is 2.92 bits per heavy atom. The predicted molar refractivity (Wildman–Crippen MR) is 51.7 cm³/mol. The second-order valence-corrected chi connectivity index (χ2v) is 2.91. The van der Waals surface area contributed by atoms with E-state index in [1.807, 2.05) is 13.0 Å². The standard InChI is InChI=1S/C10H14N2O/c1-4-6-10(13)9-7-8(5-2)11-12(9)3/h4,7H,1,5-6H2,2-3H3. The lowest BCUT2D eigenvalue weighted by Crippen LogP contribution is -2.05. The lowest BCUT2D eigenvalue weighted by atomic mass is 10.2. The molecule has 0 spiro atoms. The number of Topliss-reactive ketones (excluding diaryl/α,β-unsaturated/α-hetero) is 1. The Bertz CT molecular complexity index is 326. The lowest BCUT2D eigenvalue weighted by molar-refractivity contribution is 0.0987. The summed E-state index contributed by atoms with van der Waals surface area (Å²) in [6, 6.07) is 1.84. The van der Waals surface area contributed by atoms with Gasteiger partial charge in [0.15, 0.2) is 5.78 Å². The van der Waals surface area contributed by atoms with Gasteiger partial charge in [0.2, 0.25) is 0 Å². The van der Waals surface area contributed by atoms with Crippen LogP contribution in [-0.2, 0) is 13.5 Å². The molecule has 0 N–H and O–H groups in total. The molecule has 3 heteroatoms. The summed E-state index contributed by atoms with van der Waals surface area (Å²) >= 11 is 0. The molecule has 0 saturated heterocycles. The van der Waals surface area contributed by atoms with E-state index in [-0.39, 0.29) is 5.78 Å². The van der Waals surface area contributed by atoms with Gasteiger partial charge in [0.1, 0.15) is 5.69 Å². The number of nitrogens with zero attached hydrogens (tertiary/aromatic N) is 2. The zero-order chi connectivity index (χ0) is 9.84. The van der Waals surface area contributed by atoms with Crippen molar-refractivity contribution >= 4 is 5.78 Å². The van der Waals surface area contributed by atoms with E-state index in [1.54, 1.807) is 17.8 Å². The molecule has 0 aliphatic heterocycles. The highest BCUT2D eigenvalue weighted by Gasteiger charge is 2.10. The van der Waals surface area contributed by atoms with Gasteiger partial charge < -0.3 is 0 Å². The minimum absolute atomic E-state index is 0.0738. The Hall–Kier alpha value is -1.38. The molecular formula is C10H14N2O. The summed E-state index contributed by atoms with van der Waals surface area (Å²) in [6.45, 7) is 5.55. The van der Waals surface area contributed by atoms with E-state index in [9.17, 15) is 4.79 Å². The summed E-state index contributed by atoms with van der Waals surface area (Å²) in [5, 5.41) is 4.19. The Kier molecular flexibility index (Phi) is 3.01. The fourth-order valence-corrected chi connectivity index (χ4v) is 1.20. The molecule has 0 bridgehead atoms. The Labute approximate surface area is 78.1 Å². The van der Waals surface area contributed by atoms with Gasteiger partial charge in [-0.3, -0.25) is 9.48 Å². The fraction of sp³-hybridized carbons (Fsp3) is 0.400. The second kappa shape index (κ2) is 4.03. The molecule has 1 rings (SSSR count). The van der Waals surface area contributed by atoms with Crippen molar-refractivity contribution in [1.82, 2.24) is 9.78 Å². The first kappa shape index (κ1) is 9.71. The SMILES string of the molecule is C=CCC(=O)c1cc(CC)nn1C. The molecule has 0 radical (unpaired) electrons. The molecule has 13 heavy (non-hydrogen) atoms. The normalized spacial score (nSPS) is 10.0. The molecule has 0 aromatic carbocycles. The third kappa shape index (κ3) is 2.05. The number of allylic oxidation sites excluding steroid dienone is 1. The number of ketones is 1. The molecule has 0 unspecified atom stereocenters. The van der Waals surface area contributed by atoms with E-state index in [2.05, 4.69) is 11.7 Å². The van der Waals surface area contributed by atoms with Crippen LogP contribution in [0, 0.1) is 0 Å². The summed E-state index contributed by atoms with van der Waals surface area (Å²) in [7, 11) is 1.79. The molecule has 1 aromatic heterocycles. The zero-order valence-electron chi connectivity index (χ0n) is 8.08. The molecule has 70 valence electrons. The van der Waals surface area contributed by atoms with Crippen LogP contribution >= 0.6 is 0 Å². The van der Waals surface area contributed by atoms with Crippen molar-refractivity contribution in [3.63, 3.8) is 0 Å². The molecule has 1 aromatic rings. The molecule has 0 atom stereocenters. The number of hydrogen-bond donors (Lipinski definition) is 0. The smallest absolute Gasteiger partial charge is 0.184 e. The maximum absolute atomic E-state index is 11.5. The molecule has 0 amide bonds. The molecule has 1 heterocycles. The number of hydrogen-bond acceptors (Lipinski definition) is 2. The lowest BCUT2D eigenvalue weighted by Gasteiger charge is -1.96. The molecule has 3 nitrogen and oxygen atoms in total. The van der Waals surface area contributed by atoms with Crippen molar-refractivity contribution in [2.45, 2.75) is 19.8 Å². The Balaban J connectivity index is 2.93. The van der Waals surface area contributed by atoms with Crippen molar-refractivity contribution in [2.24, 2.45) is 7.05 Å². The van der Waals surface area contributed by atoms with Gasteiger partial charge in [-0.1, -0.05) is 13.0 Å². The summed E-state index contributed by atoms with van der Waals surface area (Å²) in [6.07, 6.45) is 2.85. The van der Waals surface area contributed by atoms with Crippen LogP contribution in [0.4, 0.5) is 0 Å². The summed E-state index contributed by atoms with van der Waals surface area (Å²) < 4.78 is 1.63. The molecule has 0 fully saturated rings. The molecule has 0 aliphatic rings. The van der Waals surface area contributed by atoms with Crippen LogP contribution < -0.4 is 0 Å². The minimum atomic E-state index is 0.0738. The maximum Gasteiger partial charge on any atom is 0.184 e. The van der Waals surface area contributed by atoms with Gasteiger partial charge in [-0.2, -0.15) is 5.10 Å².